The number of morpholine rings is 1. The van der Waals surface area contributed by atoms with Crippen molar-refractivity contribution in [2.45, 2.75) is 39.0 Å². The van der Waals surface area contributed by atoms with Crippen LogP contribution in [0, 0.1) is 0 Å². The molecule has 5 nitrogen and oxygen atoms in total. The fraction of sp³-hybridized carbons (Fsp3) is 0.714. The van der Waals surface area contributed by atoms with Gasteiger partial charge in [0.25, 0.3) is 0 Å². The van der Waals surface area contributed by atoms with E-state index in [2.05, 4.69) is 48.0 Å². The van der Waals surface area contributed by atoms with Crippen molar-refractivity contribution < 1.29 is 4.74 Å². The summed E-state index contributed by atoms with van der Waals surface area (Å²) in [5, 5.41) is 3.42. The lowest BCUT2D eigenvalue weighted by Gasteiger charge is -2.29. The van der Waals surface area contributed by atoms with E-state index in [4.69, 9.17) is 4.74 Å². The highest BCUT2D eigenvalue weighted by Gasteiger charge is 2.21. The van der Waals surface area contributed by atoms with Gasteiger partial charge in [-0.25, -0.2) is 9.97 Å². The maximum Gasteiger partial charge on any atom is 0.158 e. The van der Waals surface area contributed by atoms with Crippen LogP contribution in [0.1, 0.15) is 38.3 Å². The summed E-state index contributed by atoms with van der Waals surface area (Å²) in [6.45, 7) is 9.81. The zero-order chi connectivity index (χ0) is 13.9. The molecular weight excluding hydrogens is 240 g/mol. The van der Waals surface area contributed by atoms with E-state index in [0.717, 1.165) is 37.6 Å². The molecule has 0 bridgehead atoms. The molecule has 0 aromatic carbocycles. The second-order valence-electron chi connectivity index (χ2n) is 6.17. The van der Waals surface area contributed by atoms with E-state index in [0.29, 0.717) is 0 Å². The first-order chi connectivity index (χ1) is 8.94. The molecule has 1 N–H and O–H groups in total. The number of nitrogens with zero attached hydrogens (tertiary/aromatic N) is 3. The Hall–Kier alpha value is -1.04. The first-order valence-electron chi connectivity index (χ1n) is 6.80. The minimum atomic E-state index is 0.00313. The quantitative estimate of drug-likeness (QED) is 0.893. The minimum absolute atomic E-state index is 0.00313. The van der Waals surface area contributed by atoms with E-state index < -0.39 is 0 Å². The van der Waals surface area contributed by atoms with Gasteiger partial charge in [0.05, 0.1) is 6.61 Å². The molecule has 0 saturated carbocycles. The normalized spacial score (nSPS) is 21.6. The van der Waals surface area contributed by atoms with Gasteiger partial charge in [-0.15, -0.1) is 0 Å². The van der Waals surface area contributed by atoms with E-state index in [1.54, 1.807) is 0 Å². The molecule has 0 amide bonds. The standard InChI is InChI=1S/C14H24N4O/c1-14(2,3)17-9-11-7-15-13(16-8-11)12-10-18(4)5-6-19-12/h7-8,12,17H,5-6,9-10H2,1-4H3. The zero-order valence-corrected chi connectivity index (χ0v) is 12.3. The van der Waals surface area contributed by atoms with Crippen LogP contribution < -0.4 is 5.32 Å². The van der Waals surface area contributed by atoms with Crippen LogP contribution in [0.2, 0.25) is 0 Å². The summed E-state index contributed by atoms with van der Waals surface area (Å²) in [5.74, 6) is 0.783. The third kappa shape index (κ3) is 4.53. The number of likely N-dealkylation sites (N-methyl/N-ethyl adjacent to an activating group) is 1. The Balaban J connectivity index is 1.94. The predicted molar refractivity (Wildman–Crippen MR) is 74.8 cm³/mol. The second-order valence-corrected chi connectivity index (χ2v) is 6.17. The van der Waals surface area contributed by atoms with Crippen LogP contribution in [0.25, 0.3) is 0 Å². The Labute approximate surface area is 115 Å². The summed E-state index contributed by atoms with van der Waals surface area (Å²) >= 11 is 0. The fourth-order valence-electron chi connectivity index (χ4n) is 1.92. The second kappa shape index (κ2) is 5.94. The molecule has 1 saturated heterocycles. The van der Waals surface area contributed by atoms with Gasteiger partial charge in [0, 0.05) is 43.1 Å². The van der Waals surface area contributed by atoms with Crippen LogP contribution in [0.4, 0.5) is 0 Å². The Morgan fingerprint density at radius 2 is 2.05 bits per heavy atom. The third-order valence-electron chi connectivity index (χ3n) is 3.11. The SMILES string of the molecule is CN1CCOC(c2ncc(CNC(C)(C)C)cn2)C1. The van der Waals surface area contributed by atoms with Crippen LogP contribution >= 0.6 is 0 Å². The predicted octanol–water partition coefficient (Wildman–Crippen LogP) is 1.37. The third-order valence-corrected chi connectivity index (χ3v) is 3.11. The first-order valence-corrected chi connectivity index (χ1v) is 6.80. The van der Waals surface area contributed by atoms with Gasteiger partial charge in [-0.2, -0.15) is 0 Å². The van der Waals surface area contributed by atoms with Crippen LogP contribution in [0.3, 0.4) is 0 Å². The lowest BCUT2D eigenvalue weighted by Crippen LogP contribution is -2.36. The molecule has 1 unspecified atom stereocenters. The van der Waals surface area contributed by atoms with Gasteiger partial charge >= 0.3 is 0 Å². The highest BCUT2D eigenvalue weighted by molar-refractivity contribution is 5.07. The zero-order valence-electron chi connectivity index (χ0n) is 12.3. The molecule has 0 aliphatic carbocycles. The highest BCUT2D eigenvalue weighted by atomic mass is 16.5. The van der Waals surface area contributed by atoms with Gasteiger partial charge < -0.3 is 15.0 Å². The monoisotopic (exact) mass is 264 g/mol. The highest BCUT2D eigenvalue weighted by Crippen LogP contribution is 2.17. The largest absolute Gasteiger partial charge is 0.368 e. The molecule has 5 heteroatoms. The molecular formula is C14H24N4O. The average molecular weight is 264 g/mol. The van der Waals surface area contributed by atoms with E-state index in [1.807, 2.05) is 12.4 Å². The number of ether oxygens (including phenoxy) is 1. The maximum absolute atomic E-state index is 5.71. The van der Waals surface area contributed by atoms with Crippen molar-refractivity contribution >= 4 is 0 Å². The summed E-state index contributed by atoms with van der Waals surface area (Å²) in [6.07, 6.45) is 3.78. The van der Waals surface area contributed by atoms with E-state index in [1.165, 1.54) is 0 Å². The lowest BCUT2D eigenvalue weighted by atomic mass is 10.1. The molecule has 19 heavy (non-hydrogen) atoms. The van der Waals surface area contributed by atoms with E-state index in [-0.39, 0.29) is 11.6 Å². The summed E-state index contributed by atoms with van der Waals surface area (Å²) < 4.78 is 5.71. The number of rotatable bonds is 3. The molecule has 1 fully saturated rings. The van der Waals surface area contributed by atoms with Crippen molar-refractivity contribution in [2.75, 3.05) is 26.7 Å². The summed E-state index contributed by atoms with van der Waals surface area (Å²) in [7, 11) is 2.09. The Morgan fingerprint density at radius 3 is 2.63 bits per heavy atom. The summed E-state index contributed by atoms with van der Waals surface area (Å²) in [4.78, 5) is 11.1. The van der Waals surface area contributed by atoms with Gasteiger partial charge in [0.2, 0.25) is 0 Å². The van der Waals surface area contributed by atoms with Crippen LogP contribution in [0.15, 0.2) is 12.4 Å². The van der Waals surface area contributed by atoms with Crippen molar-refractivity contribution in [1.82, 2.24) is 20.2 Å². The van der Waals surface area contributed by atoms with Crippen molar-refractivity contribution in [3.63, 3.8) is 0 Å². The number of nitrogens with one attached hydrogen (secondary N) is 1. The molecule has 1 aliphatic heterocycles. The molecule has 1 aromatic rings. The molecule has 2 heterocycles. The fourth-order valence-corrected chi connectivity index (χ4v) is 1.92. The first kappa shape index (κ1) is 14.4. The molecule has 0 spiro atoms. The van der Waals surface area contributed by atoms with Gasteiger partial charge in [-0.1, -0.05) is 0 Å². The van der Waals surface area contributed by atoms with E-state index in [9.17, 15) is 0 Å². The van der Waals surface area contributed by atoms with Crippen LogP contribution in [-0.2, 0) is 11.3 Å². The van der Waals surface area contributed by atoms with Crippen molar-refractivity contribution in [1.29, 1.82) is 0 Å². The minimum Gasteiger partial charge on any atom is -0.368 e. The molecule has 1 aromatic heterocycles. The maximum atomic E-state index is 5.71. The van der Waals surface area contributed by atoms with Gasteiger partial charge in [-0.05, 0) is 27.8 Å². The number of hydrogen-bond acceptors (Lipinski definition) is 5. The lowest BCUT2D eigenvalue weighted by molar-refractivity contribution is -0.0255. The summed E-state index contributed by atoms with van der Waals surface area (Å²) in [5.41, 5.74) is 1.20. The number of aromatic nitrogens is 2. The topological polar surface area (TPSA) is 50.3 Å². The van der Waals surface area contributed by atoms with Gasteiger partial charge in [0.15, 0.2) is 5.82 Å². The van der Waals surface area contributed by atoms with Crippen LogP contribution in [-0.4, -0.2) is 47.2 Å². The van der Waals surface area contributed by atoms with Crippen molar-refractivity contribution in [2.24, 2.45) is 0 Å². The average Bonchev–Trinajstić information content (AvgIpc) is 2.36. The Morgan fingerprint density at radius 1 is 1.37 bits per heavy atom. The van der Waals surface area contributed by atoms with Crippen molar-refractivity contribution in [3.05, 3.63) is 23.8 Å². The molecule has 1 aliphatic rings. The molecule has 0 radical (unpaired) electrons. The molecule has 2 rings (SSSR count). The Bertz CT molecular complexity index is 399. The molecule has 106 valence electrons. The smallest absolute Gasteiger partial charge is 0.158 e. The van der Waals surface area contributed by atoms with E-state index >= 15 is 0 Å². The van der Waals surface area contributed by atoms with Gasteiger partial charge in [-0.3, -0.25) is 0 Å². The number of hydrogen-bond donors (Lipinski definition) is 1. The molecule has 1 atom stereocenters. The van der Waals surface area contributed by atoms with Crippen LogP contribution in [0.5, 0.6) is 0 Å². The van der Waals surface area contributed by atoms with Gasteiger partial charge in [0.1, 0.15) is 6.10 Å². The van der Waals surface area contributed by atoms with Crippen molar-refractivity contribution in [3.8, 4) is 0 Å². The summed E-state index contributed by atoms with van der Waals surface area (Å²) in [6, 6.07) is 0. The Kier molecular flexibility index (Phi) is 4.50.